The molecule has 0 radical (unpaired) electrons. The Labute approximate surface area is 162 Å². The van der Waals surface area contributed by atoms with E-state index in [9.17, 15) is 9.59 Å². The van der Waals surface area contributed by atoms with Crippen LogP contribution in [0.4, 0.5) is 0 Å². The molecule has 2 aliphatic rings. The molecule has 2 amide bonds. The van der Waals surface area contributed by atoms with Crippen LogP contribution in [-0.4, -0.2) is 84.9 Å². The first-order chi connectivity index (χ1) is 9.97. The first-order valence-electron chi connectivity index (χ1n) is 7.72. The molecule has 2 heterocycles. The van der Waals surface area contributed by atoms with Gasteiger partial charge in [-0.25, -0.2) is 0 Å². The van der Waals surface area contributed by atoms with E-state index in [0.29, 0.717) is 19.1 Å². The number of halogens is 3. The lowest BCUT2D eigenvalue weighted by atomic mass is 10.0. The smallest absolute Gasteiger partial charge is 0.240 e. The average molecular weight is 407 g/mol. The molecule has 2 fully saturated rings. The number of likely N-dealkylation sites (tertiary alicyclic amines) is 1. The number of piperidine rings is 1. The van der Waals surface area contributed by atoms with Gasteiger partial charge in [-0.15, -0.1) is 37.2 Å². The molecule has 2 saturated heterocycles. The number of primary amides is 1. The normalized spacial score (nSPS) is 21.0. The molecule has 1 atom stereocenters. The Kier molecular flexibility index (Phi) is 13.1. The van der Waals surface area contributed by atoms with Gasteiger partial charge in [0.25, 0.3) is 0 Å². The minimum Gasteiger partial charge on any atom is -0.370 e. The molecular formula is C14H30Cl3N5O2. The number of rotatable bonds is 4. The summed E-state index contributed by atoms with van der Waals surface area (Å²) in [6.07, 6.45) is 2.32. The SMILES string of the molecule is CN1CCC(N2CCN(C(=O)[C@H](N)CC(N)=O)CC2)CC1.Cl.Cl.Cl. The number of carbonyl (C=O) groups excluding carboxylic acids is 2. The van der Waals surface area contributed by atoms with Crippen LogP contribution in [0.1, 0.15) is 19.3 Å². The van der Waals surface area contributed by atoms with E-state index in [4.69, 9.17) is 11.5 Å². The van der Waals surface area contributed by atoms with Crippen molar-refractivity contribution in [2.45, 2.75) is 31.3 Å². The van der Waals surface area contributed by atoms with Gasteiger partial charge in [-0.2, -0.15) is 0 Å². The molecule has 24 heavy (non-hydrogen) atoms. The van der Waals surface area contributed by atoms with Gasteiger partial charge in [0.2, 0.25) is 11.8 Å². The Morgan fingerprint density at radius 1 is 1.00 bits per heavy atom. The van der Waals surface area contributed by atoms with Crippen LogP contribution in [0, 0.1) is 0 Å². The fourth-order valence-electron chi connectivity index (χ4n) is 3.21. The van der Waals surface area contributed by atoms with Gasteiger partial charge >= 0.3 is 0 Å². The first-order valence-corrected chi connectivity index (χ1v) is 7.72. The fraction of sp³-hybridized carbons (Fsp3) is 0.857. The lowest BCUT2D eigenvalue weighted by molar-refractivity contribution is -0.136. The van der Waals surface area contributed by atoms with Crippen LogP contribution < -0.4 is 11.5 Å². The summed E-state index contributed by atoms with van der Waals surface area (Å²) in [5.74, 6) is -0.683. The monoisotopic (exact) mass is 405 g/mol. The van der Waals surface area contributed by atoms with E-state index in [1.165, 1.54) is 12.8 Å². The van der Waals surface area contributed by atoms with E-state index >= 15 is 0 Å². The van der Waals surface area contributed by atoms with Crippen molar-refractivity contribution >= 4 is 49.0 Å². The van der Waals surface area contributed by atoms with Gasteiger partial charge in [-0.3, -0.25) is 14.5 Å². The van der Waals surface area contributed by atoms with E-state index in [1.54, 1.807) is 4.90 Å². The summed E-state index contributed by atoms with van der Waals surface area (Å²) < 4.78 is 0. The highest BCUT2D eigenvalue weighted by Gasteiger charge is 2.30. The quantitative estimate of drug-likeness (QED) is 0.668. The second kappa shape index (κ2) is 12.1. The second-order valence-electron chi connectivity index (χ2n) is 6.17. The summed E-state index contributed by atoms with van der Waals surface area (Å²) in [5.41, 5.74) is 10.8. The van der Waals surface area contributed by atoms with Crippen molar-refractivity contribution in [3.8, 4) is 0 Å². The molecule has 4 N–H and O–H groups in total. The lowest BCUT2D eigenvalue weighted by Gasteiger charge is -2.42. The lowest BCUT2D eigenvalue weighted by Crippen LogP contribution is -2.56. The molecule has 10 heteroatoms. The van der Waals surface area contributed by atoms with Crippen LogP contribution in [0.15, 0.2) is 0 Å². The Balaban J connectivity index is 0. The maximum atomic E-state index is 12.1. The third-order valence-corrected chi connectivity index (χ3v) is 4.57. The summed E-state index contributed by atoms with van der Waals surface area (Å²) in [6, 6.07) is -0.157. The number of hydrogen-bond acceptors (Lipinski definition) is 5. The zero-order chi connectivity index (χ0) is 15.4. The second-order valence-corrected chi connectivity index (χ2v) is 6.17. The molecule has 144 valence electrons. The van der Waals surface area contributed by atoms with Crippen LogP contribution in [0.25, 0.3) is 0 Å². The molecule has 2 aliphatic heterocycles. The topological polar surface area (TPSA) is 95.9 Å². The maximum Gasteiger partial charge on any atom is 0.240 e. The Morgan fingerprint density at radius 3 is 1.96 bits per heavy atom. The van der Waals surface area contributed by atoms with Crippen LogP contribution in [0.5, 0.6) is 0 Å². The zero-order valence-corrected chi connectivity index (χ0v) is 16.5. The molecule has 0 bridgehead atoms. The third kappa shape index (κ3) is 7.29. The van der Waals surface area contributed by atoms with Crippen molar-refractivity contribution in [1.29, 1.82) is 0 Å². The number of nitrogens with two attached hydrogens (primary N) is 2. The Bertz CT molecular complexity index is 387. The van der Waals surface area contributed by atoms with Crippen molar-refractivity contribution in [1.82, 2.24) is 14.7 Å². The Morgan fingerprint density at radius 2 is 1.50 bits per heavy atom. The van der Waals surface area contributed by atoms with Gasteiger partial charge < -0.3 is 21.3 Å². The van der Waals surface area contributed by atoms with Gasteiger partial charge in [0.15, 0.2) is 0 Å². The number of piperazine rings is 1. The molecular weight excluding hydrogens is 377 g/mol. The first kappa shape index (κ1) is 25.9. The molecule has 0 aromatic carbocycles. The predicted molar refractivity (Wildman–Crippen MR) is 102 cm³/mol. The number of amides is 2. The van der Waals surface area contributed by atoms with Crippen LogP contribution in [0.3, 0.4) is 0 Å². The highest BCUT2D eigenvalue weighted by atomic mass is 35.5. The molecule has 0 saturated carbocycles. The molecule has 0 aliphatic carbocycles. The molecule has 0 aromatic heterocycles. The van der Waals surface area contributed by atoms with E-state index in [2.05, 4.69) is 16.8 Å². The van der Waals surface area contributed by atoms with E-state index in [0.717, 1.165) is 26.2 Å². The summed E-state index contributed by atoms with van der Waals surface area (Å²) in [4.78, 5) is 29.6. The van der Waals surface area contributed by atoms with Crippen LogP contribution in [0.2, 0.25) is 0 Å². The predicted octanol–water partition coefficient (Wildman–Crippen LogP) is -0.307. The molecule has 0 unspecified atom stereocenters. The molecule has 0 aromatic rings. The van der Waals surface area contributed by atoms with Crippen molar-refractivity contribution in [2.24, 2.45) is 11.5 Å². The van der Waals surface area contributed by atoms with Crippen molar-refractivity contribution < 1.29 is 9.59 Å². The molecule has 2 rings (SSSR count). The van der Waals surface area contributed by atoms with Gasteiger partial charge in [0.05, 0.1) is 12.5 Å². The van der Waals surface area contributed by atoms with Gasteiger partial charge in [-0.1, -0.05) is 0 Å². The van der Waals surface area contributed by atoms with Crippen molar-refractivity contribution in [3.63, 3.8) is 0 Å². The molecule has 0 spiro atoms. The summed E-state index contributed by atoms with van der Waals surface area (Å²) in [6.45, 7) is 5.46. The van der Waals surface area contributed by atoms with Gasteiger partial charge in [0, 0.05) is 32.2 Å². The number of carbonyl (C=O) groups is 2. The van der Waals surface area contributed by atoms with Gasteiger partial charge in [0.1, 0.15) is 0 Å². The van der Waals surface area contributed by atoms with Crippen molar-refractivity contribution in [3.05, 3.63) is 0 Å². The van der Waals surface area contributed by atoms with Crippen LogP contribution in [-0.2, 0) is 9.59 Å². The highest BCUT2D eigenvalue weighted by Crippen LogP contribution is 2.17. The average Bonchev–Trinajstić information content (AvgIpc) is 2.47. The Hall–Kier alpha value is -0.310. The number of hydrogen-bond donors (Lipinski definition) is 2. The zero-order valence-electron chi connectivity index (χ0n) is 14.1. The van der Waals surface area contributed by atoms with Crippen molar-refractivity contribution in [2.75, 3.05) is 46.3 Å². The minimum absolute atomic E-state index is 0. The summed E-state index contributed by atoms with van der Waals surface area (Å²) in [7, 11) is 2.16. The minimum atomic E-state index is -0.794. The molecule has 7 nitrogen and oxygen atoms in total. The summed E-state index contributed by atoms with van der Waals surface area (Å²) in [5, 5.41) is 0. The largest absolute Gasteiger partial charge is 0.370 e. The van der Waals surface area contributed by atoms with E-state index < -0.39 is 11.9 Å². The number of nitrogens with zero attached hydrogens (tertiary/aromatic N) is 3. The van der Waals surface area contributed by atoms with E-state index in [-0.39, 0.29) is 49.5 Å². The van der Waals surface area contributed by atoms with Gasteiger partial charge in [-0.05, 0) is 33.0 Å². The standard InChI is InChI=1S/C14H27N5O2.3ClH/c1-17-4-2-11(3-5-17)18-6-8-19(9-7-18)14(21)12(15)10-13(16)20;;;/h11-12H,2-10,15H2,1H3,(H2,16,20);3*1H/t12-;;;/m1.../s1. The third-order valence-electron chi connectivity index (χ3n) is 4.57. The van der Waals surface area contributed by atoms with Crippen LogP contribution >= 0.6 is 37.2 Å². The fourth-order valence-corrected chi connectivity index (χ4v) is 3.21. The van der Waals surface area contributed by atoms with E-state index in [1.807, 2.05) is 0 Å². The summed E-state index contributed by atoms with van der Waals surface area (Å²) >= 11 is 0. The maximum absolute atomic E-state index is 12.1. The highest BCUT2D eigenvalue weighted by molar-refractivity contribution is 5.87.